The fraction of sp³-hybridized carbons (Fsp3) is 0.650. The first-order chi connectivity index (χ1) is 32.5. The number of allylic oxidation sites excluding steroid dienone is 18. The first-order valence-electron chi connectivity index (χ1n) is 26.9. The third-order valence-electron chi connectivity index (χ3n) is 11.0. The quantitative estimate of drug-likeness (QED) is 0.0262. The van der Waals surface area contributed by atoms with Gasteiger partial charge in [-0.2, -0.15) is 0 Å². The van der Waals surface area contributed by atoms with Crippen LogP contribution in [0.4, 0.5) is 0 Å². The maximum Gasteiger partial charge on any atom is 0.306 e. The van der Waals surface area contributed by atoms with Crippen LogP contribution in [-0.4, -0.2) is 37.2 Å². The van der Waals surface area contributed by atoms with Crippen LogP contribution in [0.15, 0.2) is 109 Å². The van der Waals surface area contributed by atoms with Gasteiger partial charge < -0.3 is 14.2 Å². The monoisotopic (exact) mass is 915 g/mol. The molecular formula is C60H98O6. The molecule has 6 nitrogen and oxygen atoms in total. The zero-order valence-corrected chi connectivity index (χ0v) is 42.7. The van der Waals surface area contributed by atoms with E-state index in [1.807, 2.05) is 12.2 Å². The number of unbranched alkanes of at least 4 members (excludes halogenated alkanes) is 18. The van der Waals surface area contributed by atoms with Crippen LogP contribution in [0.2, 0.25) is 0 Å². The van der Waals surface area contributed by atoms with Crippen LogP contribution in [0.25, 0.3) is 0 Å². The minimum absolute atomic E-state index is 0.115. The van der Waals surface area contributed by atoms with E-state index in [2.05, 4.69) is 118 Å². The summed E-state index contributed by atoms with van der Waals surface area (Å²) in [6.07, 6.45) is 72.3. The van der Waals surface area contributed by atoms with Gasteiger partial charge in [0.2, 0.25) is 0 Å². The Hall–Kier alpha value is -3.93. The van der Waals surface area contributed by atoms with E-state index in [4.69, 9.17) is 14.2 Å². The molecule has 0 radical (unpaired) electrons. The van der Waals surface area contributed by atoms with Crippen LogP contribution in [0.3, 0.4) is 0 Å². The number of hydrogen-bond acceptors (Lipinski definition) is 6. The van der Waals surface area contributed by atoms with E-state index in [1.54, 1.807) is 0 Å². The molecule has 0 aliphatic rings. The summed E-state index contributed by atoms with van der Waals surface area (Å²) in [5, 5.41) is 0. The Morgan fingerprint density at radius 2 is 0.636 bits per heavy atom. The molecule has 0 spiro atoms. The van der Waals surface area contributed by atoms with Gasteiger partial charge in [0.15, 0.2) is 6.10 Å². The Balaban J connectivity index is 4.47. The van der Waals surface area contributed by atoms with E-state index in [0.717, 1.165) is 116 Å². The van der Waals surface area contributed by atoms with Crippen molar-refractivity contribution >= 4 is 17.9 Å². The molecule has 6 heteroatoms. The van der Waals surface area contributed by atoms with Gasteiger partial charge in [0.1, 0.15) is 13.2 Å². The van der Waals surface area contributed by atoms with Gasteiger partial charge in [-0.05, 0) is 109 Å². The smallest absolute Gasteiger partial charge is 0.306 e. The molecule has 0 rings (SSSR count). The summed E-state index contributed by atoms with van der Waals surface area (Å²) < 4.78 is 16.7. The normalized spacial score (nSPS) is 13.0. The van der Waals surface area contributed by atoms with E-state index in [1.165, 1.54) is 70.6 Å². The molecular weight excluding hydrogens is 817 g/mol. The largest absolute Gasteiger partial charge is 0.462 e. The highest BCUT2D eigenvalue weighted by Gasteiger charge is 2.19. The van der Waals surface area contributed by atoms with Crippen molar-refractivity contribution in [3.05, 3.63) is 109 Å². The second-order valence-corrected chi connectivity index (χ2v) is 17.4. The fourth-order valence-electron chi connectivity index (χ4n) is 6.95. The maximum atomic E-state index is 12.8. The van der Waals surface area contributed by atoms with Crippen LogP contribution in [0, 0.1) is 0 Å². The summed E-state index contributed by atoms with van der Waals surface area (Å²) in [4.78, 5) is 38.0. The highest BCUT2D eigenvalue weighted by Crippen LogP contribution is 2.13. The number of carbonyl (C=O) groups is 3. The average Bonchev–Trinajstić information content (AvgIpc) is 3.31. The Morgan fingerprint density at radius 3 is 1.06 bits per heavy atom. The van der Waals surface area contributed by atoms with E-state index in [-0.39, 0.29) is 37.5 Å². The highest BCUT2D eigenvalue weighted by molar-refractivity contribution is 5.71. The van der Waals surface area contributed by atoms with Gasteiger partial charge in [-0.25, -0.2) is 0 Å². The SMILES string of the molecule is CC/C=C\C/C=C\C/C=C\C/C=C\CCC(=O)OCC(COC(=O)CCCCCCCC/C=C\C/C=C\C/C=C\CCCCCCC)OC(=O)CCCCCCC/C=C\C/C=C\CCCC. The van der Waals surface area contributed by atoms with Crippen molar-refractivity contribution in [1.29, 1.82) is 0 Å². The van der Waals surface area contributed by atoms with Crippen molar-refractivity contribution in [3.8, 4) is 0 Å². The molecule has 0 aliphatic heterocycles. The van der Waals surface area contributed by atoms with Crippen LogP contribution < -0.4 is 0 Å². The molecule has 0 N–H and O–H groups in total. The van der Waals surface area contributed by atoms with Crippen molar-refractivity contribution in [2.45, 2.75) is 239 Å². The number of esters is 3. The standard InChI is InChI=1S/C60H98O6/c1-4-7-10-13-16-19-22-25-27-28-29-30-31-32-33-36-38-41-44-47-50-53-59(62)65-56-57(55-64-58(61)52-49-46-43-40-37-34-24-21-18-15-12-9-6-3)66-60(63)54-51-48-45-42-39-35-26-23-20-17-14-11-8-5-2/h9,12,14,17-18,21-23,25-26,28-29,31-32,34,37,43,46,57H,4-8,10-11,13,15-16,19-20,24,27,30,33,35-36,38-42,44-45,47-56H2,1-3H3/b12-9-,17-14-,21-18-,25-22-,26-23-,29-28-,32-31-,37-34-,46-43-. The van der Waals surface area contributed by atoms with Crippen molar-refractivity contribution < 1.29 is 28.6 Å². The van der Waals surface area contributed by atoms with Gasteiger partial charge in [-0.3, -0.25) is 14.4 Å². The molecule has 0 saturated heterocycles. The molecule has 374 valence electrons. The van der Waals surface area contributed by atoms with Crippen LogP contribution in [0.5, 0.6) is 0 Å². The molecule has 1 atom stereocenters. The summed E-state index contributed by atoms with van der Waals surface area (Å²) >= 11 is 0. The second kappa shape index (κ2) is 53.7. The number of ether oxygens (including phenoxy) is 3. The Morgan fingerprint density at radius 1 is 0.318 bits per heavy atom. The highest BCUT2D eigenvalue weighted by atomic mass is 16.6. The van der Waals surface area contributed by atoms with Gasteiger partial charge in [0, 0.05) is 19.3 Å². The zero-order valence-electron chi connectivity index (χ0n) is 42.7. The maximum absolute atomic E-state index is 12.8. The Kier molecular flexibility index (Phi) is 50.5. The van der Waals surface area contributed by atoms with Gasteiger partial charge in [-0.1, -0.05) is 214 Å². The molecule has 0 heterocycles. The predicted molar refractivity (Wildman–Crippen MR) is 283 cm³/mol. The molecule has 0 aromatic rings. The van der Waals surface area contributed by atoms with E-state index >= 15 is 0 Å². The van der Waals surface area contributed by atoms with Crippen LogP contribution in [0.1, 0.15) is 233 Å². The van der Waals surface area contributed by atoms with Crippen LogP contribution in [-0.2, 0) is 28.6 Å². The summed E-state index contributed by atoms with van der Waals surface area (Å²) in [6.45, 7) is 6.37. The number of hydrogen-bond donors (Lipinski definition) is 0. The van der Waals surface area contributed by atoms with Gasteiger partial charge in [0.25, 0.3) is 0 Å². The first-order valence-corrected chi connectivity index (χ1v) is 26.9. The topological polar surface area (TPSA) is 78.9 Å². The molecule has 0 saturated carbocycles. The van der Waals surface area contributed by atoms with Crippen molar-refractivity contribution in [2.24, 2.45) is 0 Å². The van der Waals surface area contributed by atoms with Crippen LogP contribution >= 0.6 is 0 Å². The lowest BCUT2D eigenvalue weighted by Crippen LogP contribution is -2.30. The first kappa shape index (κ1) is 62.1. The molecule has 0 amide bonds. The summed E-state index contributed by atoms with van der Waals surface area (Å²) in [6, 6.07) is 0. The molecule has 0 aromatic heterocycles. The predicted octanol–water partition coefficient (Wildman–Crippen LogP) is 17.9. The Labute approximate surface area is 406 Å². The van der Waals surface area contributed by atoms with E-state index in [9.17, 15) is 14.4 Å². The number of carbonyl (C=O) groups excluding carboxylic acids is 3. The second-order valence-electron chi connectivity index (χ2n) is 17.4. The third-order valence-corrected chi connectivity index (χ3v) is 11.0. The van der Waals surface area contributed by atoms with Gasteiger partial charge >= 0.3 is 17.9 Å². The molecule has 0 fully saturated rings. The lowest BCUT2D eigenvalue weighted by atomic mass is 10.1. The van der Waals surface area contributed by atoms with Gasteiger partial charge in [0.05, 0.1) is 0 Å². The minimum atomic E-state index is -0.821. The van der Waals surface area contributed by atoms with E-state index in [0.29, 0.717) is 19.3 Å². The molecule has 66 heavy (non-hydrogen) atoms. The van der Waals surface area contributed by atoms with Gasteiger partial charge in [-0.15, -0.1) is 0 Å². The molecule has 1 unspecified atom stereocenters. The van der Waals surface area contributed by atoms with Crippen molar-refractivity contribution in [1.82, 2.24) is 0 Å². The van der Waals surface area contributed by atoms with Crippen molar-refractivity contribution in [2.75, 3.05) is 13.2 Å². The zero-order chi connectivity index (χ0) is 47.9. The lowest BCUT2D eigenvalue weighted by Gasteiger charge is -2.18. The molecule has 0 aromatic carbocycles. The summed E-state index contributed by atoms with van der Waals surface area (Å²) in [5.41, 5.74) is 0. The molecule has 0 aliphatic carbocycles. The fourth-order valence-corrected chi connectivity index (χ4v) is 6.95. The van der Waals surface area contributed by atoms with Crippen molar-refractivity contribution in [3.63, 3.8) is 0 Å². The average molecular weight is 915 g/mol. The summed E-state index contributed by atoms with van der Waals surface area (Å²) in [7, 11) is 0. The summed E-state index contributed by atoms with van der Waals surface area (Å²) in [5.74, 6) is -1.03. The Bertz CT molecular complexity index is 1370. The lowest BCUT2D eigenvalue weighted by molar-refractivity contribution is -0.166. The minimum Gasteiger partial charge on any atom is -0.462 e. The van der Waals surface area contributed by atoms with E-state index < -0.39 is 6.10 Å². The number of rotatable bonds is 47. The molecule has 0 bridgehead atoms. The third kappa shape index (κ3) is 51.1.